The number of nitrogens with one attached hydrogen (secondary N) is 1. The zero-order chi connectivity index (χ0) is 22.8. The van der Waals surface area contributed by atoms with Gasteiger partial charge in [-0.05, 0) is 58.3 Å². The zero-order valence-corrected chi connectivity index (χ0v) is 19.8. The van der Waals surface area contributed by atoms with E-state index in [2.05, 4.69) is 5.32 Å². The first-order valence-corrected chi connectivity index (χ1v) is 12.5. The molecule has 182 valence electrons. The van der Waals surface area contributed by atoms with Gasteiger partial charge in [-0.2, -0.15) is 0 Å². The van der Waals surface area contributed by atoms with Crippen molar-refractivity contribution in [1.82, 2.24) is 15.1 Å². The number of hydrogen-bond donors (Lipinski definition) is 1. The van der Waals surface area contributed by atoms with Gasteiger partial charge >= 0.3 is 0 Å². The van der Waals surface area contributed by atoms with Crippen molar-refractivity contribution >= 4 is 11.8 Å². The van der Waals surface area contributed by atoms with Gasteiger partial charge in [0.15, 0.2) is 0 Å². The van der Waals surface area contributed by atoms with Crippen LogP contribution >= 0.6 is 0 Å². The molecule has 2 amide bonds. The highest BCUT2D eigenvalue weighted by Crippen LogP contribution is 2.35. The van der Waals surface area contributed by atoms with Crippen molar-refractivity contribution < 1.29 is 23.5 Å². The smallest absolute Gasteiger partial charge is 0.228 e. The van der Waals surface area contributed by atoms with Crippen LogP contribution in [-0.4, -0.2) is 85.6 Å². The Morgan fingerprint density at radius 2 is 1.69 bits per heavy atom. The molecule has 2 aliphatic heterocycles. The van der Waals surface area contributed by atoms with E-state index in [-0.39, 0.29) is 42.0 Å². The molecule has 4 aliphatic rings. The summed E-state index contributed by atoms with van der Waals surface area (Å²) in [4.78, 5) is 30.3. The normalized spacial score (nSPS) is 41.0. The summed E-state index contributed by atoms with van der Waals surface area (Å²) in [7, 11) is 1.60. The van der Waals surface area contributed by atoms with Gasteiger partial charge in [0.05, 0.1) is 24.9 Å². The van der Waals surface area contributed by atoms with Gasteiger partial charge in [-0.3, -0.25) is 14.9 Å². The topological polar surface area (TPSA) is 71.1 Å². The molecular formula is C24H40FN3O4. The molecule has 2 saturated heterocycles. The largest absolute Gasteiger partial charge is 0.381 e. The number of hydrogen-bond acceptors (Lipinski definition) is 5. The van der Waals surface area contributed by atoms with E-state index in [1.165, 1.54) is 0 Å². The van der Waals surface area contributed by atoms with Crippen LogP contribution in [0.15, 0.2) is 0 Å². The van der Waals surface area contributed by atoms with Crippen molar-refractivity contribution in [2.45, 2.75) is 89.3 Å². The molecule has 0 spiro atoms. The van der Waals surface area contributed by atoms with Crippen LogP contribution in [0.5, 0.6) is 0 Å². The number of piperazine rings is 1. The lowest BCUT2D eigenvalue weighted by Gasteiger charge is -2.47. The third-order valence-corrected chi connectivity index (χ3v) is 8.25. The van der Waals surface area contributed by atoms with Crippen molar-refractivity contribution in [3.05, 3.63) is 0 Å². The maximum absolute atomic E-state index is 14.7. The summed E-state index contributed by atoms with van der Waals surface area (Å²) in [5.41, 5.74) is 0. The molecule has 4 fully saturated rings. The average Bonchev–Trinajstić information content (AvgIpc) is 3.33. The molecule has 4 rings (SSSR count). The number of nitrogens with zero attached hydrogens (tertiary/aromatic N) is 2. The summed E-state index contributed by atoms with van der Waals surface area (Å²) in [6.07, 6.45) is 4.48. The van der Waals surface area contributed by atoms with E-state index in [1.54, 1.807) is 12.0 Å². The van der Waals surface area contributed by atoms with Crippen LogP contribution in [0.3, 0.4) is 0 Å². The standard InChI is InChI=1S/C24H40FN3O4/c1-15-12-27(24(30)20-9-8-19(31-3)10-21(20)25)13-16(2)28(15)23(29)18-6-4-17(5-7-18)22-11-26-14-32-22/h15-22,26H,4-14H2,1-3H3/t15-,16-,17?,18?,19?,20?,21?,22?/m1/s1. The molecule has 8 heteroatoms. The van der Waals surface area contributed by atoms with Crippen LogP contribution in [0.1, 0.15) is 58.8 Å². The van der Waals surface area contributed by atoms with Gasteiger partial charge in [0.2, 0.25) is 11.8 Å². The van der Waals surface area contributed by atoms with Crippen LogP contribution in [-0.2, 0) is 19.1 Å². The van der Waals surface area contributed by atoms with Crippen LogP contribution in [0, 0.1) is 17.8 Å². The maximum atomic E-state index is 14.7. The fourth-order valence-electron chi connectivity index (χ4n) is 6.42. The first kappa shape index (κ1) is 23.9. The fraction of sp³-hybridized carbons (Fsp3) is 0.917. The lowest BCUT2D eigenvalue weighted by molar-refractivity contribution is -0.154. The minimum absolute atomic E-state index is 0.0522. The lowest BCUT2D eigenvalue weighted by Crippen LogP contribution is -2.62. The van der Waals surface area contributed by atoms with E-state index in [4.69, 9.17) is 9.47 Å². The van der Waals surface area contributed by atoms with Crippen LogP contribution in [0.2, 0.25) is 0 Å². The average molecular weight is 454 g/mol. The minimum atomic E-state index is -1.15. The van der Waals surface area contributed by atoms with Gasteiger partial charge in [0.25, 0.3) is 0 Å². The highest BCUT2D eigenvalue weighted by molar-refractivity contribution is 5.82. The summed E-state index contributed by atoms with van der Waals surface area (Å²) in [5.74, 6) is 0.159. The Morgan fingerprint density at radius 3 is 2.25 bits per heavy atom. The second-order valence-corrected chi connectivity index (χ2v) is 10.4. The molecule has 4 unspecified atom stereocenters. The first-order chi connectivity index (χ1) is 15.4. The second kappa shape index (κ2) is 10.3. The third kappa shape index (κ3) is 4.97. The molecule has 2 heterocycles. The van der Waals surface area contributed by atoms with Crippen molar-refractivity contribution in [1.29, 1.82) is 0 Å². The Kier molecular flexibility index (Phi) is 7.73. The highest BCUT2D eigenvalue weighted by Gasteiger charge is 2.43. The molecule has 2 saturated carbocycles. The third-order valence-electron chi connectivity index (χ3n) is 8.25. The number of alkyl halides is 1. The zero-order valence-electron chi connectivity index (χ0n) is 19.8. The predicted octanol–water partition coefficient (Wildman–Crippen LogP) is 2.34. The predicted molar refractivity (Wildman–Crippen MR) is 119 cm³/mol. The van der Waals surface area contributed by atoms with Crippen LogP contribution in [0.25, 0.3) is 0 Å². The van der Waals surface area contributed by atoms with Crippen molar-refractivity contribution in [2.75, 3.05) is 33.5 Å². The first-order valence-electron chi connectivity index (χ1n) is 12.5. The maximum Gasteiger partial charge on any atom is 0.228 e. The molecule has 0 aromatic heterocycles. The van der Waals surface area contributed by atoms with Crippen molar-refractivity contribution in [3.8, 4) is 0 Å². The number of amides is 2. The molecule has 6 atom stereocenters. The Hall–Kier alpha value is -1.25. The number of rotatable bonds is 4. The molecule has 7 nitrogen and oxygen atoms in total. The van der Waals surface area contributed by atoms with Crippen LogP contribution in [0.4, 0.5) is 4.39 Å². The summed E-state index contributed by atoms with van der Waals surface area (Å²) in [5, 5.41) is 3.25. The molecule has 0 aromatic rings. The summed E-state index contributed by atoms with van der Waals surface area (Å²) < 4.78 is 25.7. The van der Waals surface area contributed by atoms with Gasteiger partial charge in [-0.25, -0.2) is 4.39 Å². The molecule has 32 heavy (non-hydrogen) atoms. The number of halogens is 1. The Labute approximate surface area is 191 Å². The van der Waals surface area contributed by atoms with E-state index in [0.717, 1.165) is 38.6 Å². The monoisotopic (exact) mass is 453 g/mol. The van der Waals surface area contributed by atoms with E-state index in [1.807, 2.05) is 18.7 Å². The van der Waals surface area contributed by atoms with Crippen LogP contribution < -0.4 is 5.32 Å². The molecule has 1 N–H and O–H groups in total. The Morgan fingerprint density at radius 1 is 1.00 bits per heavy atom. The lowest BCUT2D eigenvalue weighted by atomic mass is 9.78. The number of carbonyl (C=O) groups is 2. The number of carbonyl (C=O) groups excluding carboxylic acids is 2. The molecule has 2 aliphatic carbocycles. The van der Waals surface area contributed by atoms with Gasteiger partial charge < -0.3 is 19.3 Å². The summed E-state index contributed by atoms with van der Waals surface area (Å²) >= 11 is 0. The summed E-state index contributed by atoms with van der Waals surface area (Å²) in [6.45, 7) is 6.57. The van der Waals surface area contributed by atoms with Gasteiger partial charge in [-0.1, -0.05) is 0 Å². The van der Waals surface area contributed by atoms with Gasteiger partial charge in [-0.15, -0.1) is 0 Å². The Balaban J connectivity index is 1.31. The molecule has 0 aromatic carbocycles. The molecular weight excluding hydrogens is 413 g/mol. The Bertz CT molecular complexity index is 654. The summed E-state index contributed by atoms with van der Waals surface area (Å²) in [6, 6.07) is -0.104. The minimum Gasteiger partial charge on any atom is -0.381 e. The number of methoxy groups -OCH3 is 1. The van der Waals surface area contributed by atoms with E-state index in [9.17, 15) is 14.0 Å². The van der Waals surface area contributed by atoms with E-state index < -0.39 is 12.1 Å². The SMILES string of the molecule is COC1CCC(C(=O)N2C[C@@H](C)N(C(=O)C3CCC(C4CNCO4)CC3)[C@H](C)C2)C(F)C1. The quantitative estimate of drug-likeness (QED) is 0.708. The van der Waals surface area contributed by atoms with Crippen molar-refractivity contribution in [2.24, 2.45) is 17.8 Å². The fourth-order valence-corrected chi connectivity index (χ4v) is 6.42. The van der Waals surface area contributed by atoms with E-state index >= 15 is 0 Å². The van der Waals surface area contributed by atoms with Crippen molar-refractivity contribution in [3.63, 3.8) is 0 Å². The van der Waals surface area contributed by atoms with E-state index in [0.29, 0.717) is 38.6 Å². The van der Waals surface area contributed by atoms with Gasteiger partial charge in [0, 0.05) is 51.2 Å². The second-order valence-electron chi connectivity index (χ2n) is 10.4. The molecule has 0 bridgehead atoms. The van der Waals surface area contributed by atoms with Gasteiger partial charge in [0.1, 0.15) is 6.17 Å². The highest BCUT2D eigenvalue weighted by atomic mass is 19.1. The molecule has 0 radical (unpaired) electrons. The number of ether oxygens (including phenoxy) is 2.